The smallest absolute Gasteiger partial charge is 0.308 e. The highest BCUT2D eigenvalue weighted by atomic mass is 16.5. The lowest BCUT2D eigenvalue weighted by Gasteiger charge is -2.16. The summed E-state index contributed by atoms with van der Waals surface area (Å²) in [5.74, 6) is 0.286. The van der Waals surface area contributed by atoms with Crippen LogP contribution in [0.15, 0.2) is 0 Å². The van der Waals surface area contributed by atoms with Crippen LogP contribution < -0.4 is 0 Å². The third-order valence-electron chi connectivity index (χ3n) is 1.72. The van der Waals surface area contributed by atoms with Crippen molar-refractivity contribution in [3.8, 4) is 0 Å². The Morgan fingerprint density at radius 2 is 1.73 bits per heavy atom. The fourth-order valence-electron chi connectivity index (χ4n) is 0.612. The van der Waals surface area contributed by atoms with E-state index in [0.29, 0.717) is 5.92 Å². The minimum atomic E-state index is -0.0880. The van der Waals surface area contributed by atoms with E-state index in [9.17, 15) is 4.79 Å². The lowest BCUT2D eigenvalue weighted by molar-refractivity contribution is -0.150. The SMILES string of the molecule is BC(C)OC(=O)[C@@H](C)C(C)C. The van der Waals surface area contributed by atoms with Crippen LogP contribution in [0, 0.1) is 11.8 Å². The molecular formula is C8H17BO2. The van der Waals surface area contributed by atoms with E-state index in [2.05, 4.69) is 0 Å². The van der Waals surface area contributed by atoms with Gasteiger partial charge in [-0.15, -0.1) is 0 Å². The maximum absolute atomic E-state index is 11.2. The molecule has 2 atom stereocenters. The third-order valence-corrected chi connectivity index (χ3v) is 1.72. The highest BCUT2D eigenvalue weighted by molar-refractivity contribution is 6.11. The summed E-state index contributed by atoms with van der Waals surface area (Å²) in [6.07, 6.45) is 0. The molecule has 0 spiro atoms. The molecule has 0 aliphatic rings. The van der Waals surface area contributed by atoms with Crippen molar-refractivity contribution in [3.63, 3.8) is 0 Å². The van der Waals surface area contributed by atoms with Crippen LogP contribution in [-0.2, 0) is 9.53 Å². The Balaban J connectivity index is 3.83. The van der Waals surface area contributed by atoms with Crippen LogP contribution in [0.4, 0.5) is 0 Å². The van der Waals surface area contributed by atoms with E-state index >= 15 is 0 Å². The molecule has 1 unspecified atom stereocenters. The molecule has 3 heteroatoms. The minimum absolute atomic E-state index is 0.00343. The molecule has 11 heavy (non-hydrogen) atoms. The molecule has 0 heterocycles. The number of hydrogen-bond acceptors (Lipinski definition) is 2. The van der Waals surface area contributed by atoms with Gasteiger partial charge in [0.25, 0.3) is 0 Å². The van der Waals surface area contributed by atoms with Crippen LogP contribution in [0.2, 0.25) is 0 Å². The van der Waals surface area contributed by atoms with E-state index in [1.807, 2.05) is 35.5 Å². The first-order valence-corrected chi connectivity index (χ1v) is 4.15. The first kappa shape index (κ1) is 10.5. The molecule has 0 amide bonds. The minimum Gasteiger partial charge on any atom is -0.472 e. The molecule has 0 aliphatic carbocycles. The van der Waals surface area contributed by atoms with Crippen LogP contribution in [0.25, 0.3) is 0 Å². The molecule has 0 bridgehead atoms. The summed E-state index contributed by atoms with van der Waals surface area (Å²) in [6, 6.07) is 0.00343. The highest BCUT2D eigenvalue weighted by Gasteiger charge is 2.18. The largest absolute Gasteiger partial charge is 0.472 e. The standard InChI is InChI=1S/C8H17BO2/c1-5(2)6(3)8(10)11-7(4)9/h5-7H,9H2,1-4H3/t6-,7?/m0/s1. The maximum atomic E-state index is 11.2. The van der Waals surface area contributed by atoms with Crippen molar-refractivity contribution in [2.75, 3.05) is 0 Å². The van der Waals surface area contributed by atoms with Crippen molar-refractivity contribution >= 4 is 13.8 Å². The van der Waals surface area contributed by atoms with Gasteiger partial charge in [0.15, 0.2) is 7.85 Å². The topological polar surface area (TPSA) is 26.3 Å². The molecule has 0 fully saturated rings. The van der Waals surface area contributed by atoms with Crippen LogP contribution in [0.5, 0.6) is 0 Å². The lowest BCUT2D eigenvalue weighted by atomic mass is 9.97. The van der Waals surface area contributed by atoms with E-state index in [1.54, 1.807) is 0 Å². The molecule has 0 saturated carbocycles. The van der Waals surface area contributed by atoms with Crippen LogP contribution in [0.1, 0.15) is 27.7 Å². The summed E-state index contributed by atoms with van der Waals surface area (Å²) in [6.45, 7) is 7.80. The van der Waals surface area contributed by atoms with Crippen molar-refractivity contribution in [2.24, 2.45) is 11.8 Å². The molecule has 0 saturated heterocycles. The van der Waals surface area contributed by atoms with Gasteiger partial charge in [0.05, 0.1) is 11.9 Å². The van der Waals surface area contributed by atoms with Gasteiger partial charge in [-0.05, 0) is 12.8 Å². The van der Waals surface area contributed by atoms with Crippen molar-refractivity contribution in [1.82, 2.24) is 0 Å². The van der Waals surface area contributed by atoms with E-state index in [4.69, 9.17) is 4.74 Å². The molecule has 64 valence electrons. The third kappa shape index (κ3) is 4.07. The molecule has 0 aliphatic heterocycles. The van der Waals surface area contributed by atoms with Crippen LogP contribution in [-0.4, -0.2) is 19.8 Å². The lowest BCUT2D eigenvalue weighted by Crippen LogP contribution is -2.24. The van der Waals surface area contributed by atoms with Gasteiger partial charge in [-0.1, -0.05) is 20.8 Å². The monoisotopic (exact) mass is 156 g/mol. The van der Waals surface area contributed by atoms with Gasteiger partial charge < -0.3 is 4.74 Å². The summed E-state index contributed by atoms with van der Waals surface area (Å²) in [7, 11) is 1.87. The second-order valence-electron chi connectivity index (χ2n) is 3.52. The quantitative estimate of drug-likeness (QED) is 0.446. The van der Waals surface area contributed by atoms with Gasteiger partial charge in [-0.3, -0.25) is 4.79 Å². The predicted molar refractivity (Wildman–Crippen MR) is 48.1 cm³/mol. The first-order chi connectivity index (χ1) is 4.95. The molecule has 0 aromatic rings. The van der Waals surface area contributed by atoms with Crippen molar-refractivity contribution in [3.05, 3.63) is 0 Å². The van der Waals surface area contributed by atoms with Crippen molar-refractivity contribution < 1.29 is 9.53 Å². The molecule has 0 N–H and O–H groups in total. The Bertz CT molecular complexity index is 132. The summed E-state index contributed by atoms with van der Waals surface area (Å²) in [5, 5.41) is 0. The second kappa shape index (κ2) is 4.42. The van der Waals surface area contributed by atoms with E-state index in [-0.39, 0.29) is 17.9 Å². The Kier molecular flexibility index (Phi) is 4.23. The Morgan fingerprint density at radius 3 is 2.00 bits per heavy atom. The fraction of sp³-hybridized carbons (Fsp3) is 0.875. The number of hydrogen-bond donors (Lipinski definition) is 0. The van der Waals surface area contributed by atoms with Crippen molar-refractivity contribution in [1.29, 1.82) is 0 Å². The maximum Gasteiger partial charge on any atom is 0.308 e. The fourth-order valence-corrected chi connectivity index (χ4v) is 0.612. The number of carbonyl (C=O) groups is 1. The molecule has 0 rings (SSSR count). The van der Waals surface area contributed by atoms with Gasteiger partial charge in [-0.25, -0.2) is 0 Å². The predicted octanol–water partition coefficient (Wildman–Crippen LogP) is 0.801. The van der Waals surface area contributed by atoms with Gasteiger partial charge in [-0.2, -0.15) is 0 Å². The highest BCUT2D eigenvalue weighted by Crippen LogP contribution is 2.11. The Labute approximate surface area is 69.7 Å². The summed E-state index contributed by atoms with van der Waals surface area (Å²) in [5.41, 5.74) is 0. The zero-order chi connectivity index (χ0) is 9.02. The summed E-state index contributed by atoms with van der Waals surface area (Å²) in [4.78, 5) is 11.2. The zero-order valence-corrected chi connectivity index (χ0v) is 8.05. The molecular weight excluding hydrogens is 139 g/mol. The van der Waals surface area contributed by atoms with Gasteiger partial charge in [0, 0.05) is 0 Å². The average molecular weight is 156 g/mol. The van der Waals surface area contributed by atoms with Crippen LogP contribution >= 0.6 is 0 Å². The Hall–Kier alpha value is -0.465. The summed E-state index contributed by atoms with van der Waals surface area (Å²) >= 11 is 0. The number of ether oxygens (including phenoxy) is 1. The Morgan fingerprint density at radius 1 is 1.27 bits per heavy atom. The zero-order valence-electron chi connectivity index (χ0n) is 8.05. The van der Waals surface area contributed by atoms with E-state index in [1.165, 1.54) is 0 Å². The molecule has 0 aromatic carbocycles. The van der Waals surface area contributed by atoms with Gasteiger partial charge in [0.1, 0.15) is 0 Å². The molecule has 2 nitrogen and oxygen atoms in total. The van der Waals surface area contributed by atoms with Crippen LogP contribution in [0.3, 0.4) is 0 Å². The van der Waals surface area contributed by atoms with E-state index in [0.717, 1.165) is 0 Å². The van der Waals surface area contributed by atoms with Gasteiger partial charge in [0.2, 0.25) is 0 Å². The number of rotatable bonds is 3. The number of carbonyl (C=O) groups excluding carboxylic acids is 1. The van der Waals surface area contributed by atoms with Crippen molar-refractivity contribution in [2.45, 2.75) is 33.7 Å². The summed E-state index contributed by atoms with van der Waals surface area (Å²) < 4.78 is 5.03. The second-order valence-corrected chi connectivity index (χ2v) is 3.52. The normalized spacial score (nSPS) is 16.1. The van der Waals surface area contributed by atoms with E-state index < -0.39 is 0 Å². The first-order valence-electron chi connectivity index (χ1n) is 4.15. The average Bonchev–Trinajstić information content (AvgIpc) is 1.84. The molecule has 0 radical (unpaired) electrons. The van der Waals surface area contributed by atoms with Gasteiger partial charge >= 0.3 is 5.97 Å². The number of esters is 1. The molecule has 0 aromatic heterocycles.